The number of nitrogens with two attached hydrogens (primary N) is 1. The molecular formula is C20H22Cl2F3N7O3S. The van der Waals surface area contributed by atoms with Crippen LogP contribution in [0.15, 0.2) is 35.2 Å². The summed E-state index contributed by atoms with van der Waals surface area (Å²) in [6.07, 6.45) is -4.81. The summed E-state index contributed by atoms with van der Waals surface area (Å²) < 4.78 is 75.4. The van der Waals surface area contributed by atoms with Crippen LogP contribution in [0.2, 0.25) is 5.02 Å². The van der Waals surface area contributed by atoms with Gasteiger partial charge in [0.15, 0.2) is 0 Å². The van der Waals surface area contributed by atoms with Crippen molar-refractivity contribution < 1.29 is 26.3 Å². The Balaban J connectivity index is 0.00000361. The number of ether oxygens (including phenoxy) is 1. The maximum Gasteiger partial charge on any atom is 0.417 e. The predicted octanol–water partition coefficient (Wildman–Crippen LogP) is 3.49. The number of methoxy groups -OCH3 is 1. The van der Waals surface area contributed by atoms with E-state index in [0.29, 0.717) is 13.1 Å². The molecule has 2 aromatic carbocycles. The molecule has 16 heteroatoms. The Labute approximate surface area is 215 Å². The van der Waals surface area contributed by atoms with Crippen molar-refractivity contribution in [2.45, 2.75) is 11.1 Å². The molecule has 2 heterocycles. The lowest BCUT2D eigenvalue weighted by molar-refractivity contribution is -0.137. The molecule has 196 valence electrons. The quantitative estimate of drug-likeness (QED) is 0.355. The molecule has 0 bridgehead atoms. The molecule has 1 saturated heterocycles. The van der Waals surface area contributed by atoms with E-state index in [1.165, 1.54) is 29.6 Å². The molecule has 1 aliphatic rings. The second kappa shape index (κ2) is 10.7. The van der Waals surface area contributed by atoms with E-state index in [1.807, 2.05) is 0 Å². The molecule has 1 aromatic heterocycles. The van der Waals surface area contributed by atoms with Crippen LogP contribution in [0.1, 0.15) is 5.56 Å². The van der Waals surface area contributed by atoms with Gasteiger partial charge in [0.25, 0.3) is 0 Å². The molecule has 0 radical (unpaired) electrons. The van der Waals surface area contributed by atoms with Crippen LogP contribution in [0.25, 0.3) is 11.1 Å². The maximum atomic E-state index is 14.1. The number of H-pyrrole nitrogens is 1. The average molecular weight is 568 g/mol. The first kappa shape index (κ1) is 27.8. The van der Waals surface area contributed by atoms with Crippen LogP contribution in [0.5, 0.6) is 5.75 Å². The average Bonchev–Trinajstić information content (AvgIpc) is 3.22. The van der Waals surface area contributed by atoms with Gasteiger partial charge in [0.05, 0.1) is 17.7 Å². The summed E-state index contributed by atoms with van der Waals surface area (Å²) >= 11 is 6.32. The van der Waals surface area contributed by atoms with Crippen LogP contribution in [0.3, 0.4) is 0 Å². The van der Waals surface area contributed by atoms with E-state index in [0.717, 1.165) is 12.1 Å². The number of halogens is 5. The lowest BCUT2D eigenvalue weighted by Gasteiger charge is -2.27. The number of alkyl halides is 3. The topological polar surface area (TPSA) is 138 Å². The van der Waals surface area contributed by atoms with E-state index in [2.05, 4.69) is 25.8 Å². The number of nitrogens with zero attached hydrogens (tertiary/aromatic N) is 3. The summed E-state index contributed by atoms with van der Waals surface area (Å²) in [7, 11) is -2.76. The van der Waals surface area contributed by atoms with Crippen molar-refractivity contribution in [1.82, 2.24) is 24.8 Å². The van der Waals surface area contributed by atoms with Crippen molar-refractivity contribution in [1.29, 1.82) is 0 Å². The Morgan fingerprint density at radius 2 is 1.89 bits per heavy atom. The van der Waals surface area contributed by atoms with Gasteiger partial charge >= 0.3 is 6.18 Å². The minimum atomic E-state index is -4.81. The van der Waals surface area contributed by atoms with E-state index in [9.17, 15) is 21.6 Å². The molecule has 0 saturated carbocycles. The standard InChI is InChI=1S/C20H21ClF3N7O3S.ClH/c1-34-15-3-2-11(8-16(15)35(32,33)31-6-4-26-5-7-31)17-13(20(22,23)24)9-12(10-14(17)21)27-19-28-18(25)29-30-19;/h2-3,8-10,26H,4-7H2,1H3,(H4,25,27,28,29,30);1H. The first-order valence-corrected chi connectivity index (χ1v) is 12.1. The van der Waals surface area contributed by atoms with E-state index in [-0.39, 0.29) is 69.9 Å². The molecule has 0 unspecified atom stereocenters. The van der Waals surface area contributed by atoms with Crippen LogP contribution in [-0.4, -0.2) is 61.2 Å². The van der Waals surface area contributed by atoms with Gasteiger partial charge in [0, 0.05) is 37.4 Å². The molecule has 5 N–H and O–H groups in total. The van der Waals surface area contributed by atoms with Crippen molar-refractivity contribution in [2.75, 3.05) is 44.3 Å². The number of benzene rings is 2. The number of aromatic amines is 1. The predicted molar refractivity (Wildman–Crippen MR) is 131 cm³/mol. The molecule has 36 heavy (non-hydrogen) atoms. The number of sulfonamides is 1. The molecule has 4 rings (SSSR count). The van der Waals surface area contributed by atoms with Gasteiger partial charge in [-0.1, -0.05) is 17.7 Å². The number of nitrogen functional groups attached to an aromatic ring is 1. The molecule has 1 aliphatic heterocycles. The van der Waals surface area contributed by atoms with E-state index in [4.69, 9.17) is 22.1 Å². The van der Waals surface area contributed by atoms with E-state index < -0.39 is 21.8 Å². The largest absolute Gasteiger partial charge is 0.495 e. The van der Waals surface area contributed by atoms with Crippen LogP contribution >= 0.6 is 24.0 Å². The summed E-state index contributed by atoms with van der Waals surface area (Å²) in [5.74, 6) is -0.0616. The number of piperazine rings is 1. The van der Waals surface area contributed by atoms with Gasteiger partial charge in [-0.2, -0.15) is 22.5 Å². The Hall–Kier alpha value is -2.78. The van der Waals surface area contributed by atoms with Gasteiger partial charge in [0.2, 0.25) is 21.9 Å². The molecule has 3 aromatic rings. The molecule has 0 spiro atoms. The summed E-state index contributed by atoms with van der Waals surface area (Å²) in [6.45, 7) is 1.35. The Kier molecular flexibility index (Phi) is 8.25. The molecule has 0 amide bonds. The molecular weight excluding hydrogens is 546 g/mol. The third-order valence-electron chi connectivity index (χ3n) is 5.30. The monoisotopic (exact) mass is 567 g/mol. The maximum absolute atomic E-state index is 14.1. The highest BCUT2D eigenvalue weighted by molar-refractivity contribution is 7.89. The highest BCUT2D eigenvalue weighted by Crippen LogP contribution is 2.44. The number of anilines is 3. The zero-order valence-corrected chi connectivity index (χ0v) is 21.1. The lowest BCUT2D eigenvalue weighted by Crippen LogP contribution is -2.46. The fourth-order valence-corrected chi connectivity index (χ4v) is 5.66. The highest BCUT2D eigenvalue weighted by Gasteiger charge is 2.36. The highest BCUT2D eigenvalue weighted by atomic mass is 35.5. The first-order valence-electron chi connectivity index (χ1n) is 10.3. The van der Waals surface area contributed by atoms with Crippen LogP contribution in [0, 0.1) is 0 Å². The van der Waals surface area contributed by atoms with E-state index >= 15 is 0 Å². The van der Waals surface area contributed by atoms with Gasteiger partial charge in [-0.15, -0.1) is 17.5 Å². The van der Waals surface area contributed by atoms with Crippen LogP contribution in [-0.2, 0) is 16.2 Å². The minimum Gasteiger partial charge on any atom is -0.495 e. The SMILES string of the molecule is COc1ccc(-c2c(Cl)cc(Nc3n[nH]c(N)n3)cc2C(F)(F)F)cc1S(=O)(=O)N1CCNCC1.Cl. The molecule has 10 nitrogen and oxygen atoms in total. The Morgan fingerprint density at radius 1 is 1.19 bits per heavy atom. The zero-order chi connectivity index (χ0) is 25.4. The number of hydrogen-bond donors (Lipinski definition) is 4. The third-order valence-corrected chi connectivity index (χ3v) is 7.52. The molecule has 0 atom stereocenters. The number of aromatic nitrogens is 3. The molecule has 1 fully saturated rings. The summed E-state index contributed by atoms with van der Waals surface area (Å²) in [5, 5.41) is 11.5. The third kappa shape index (κ3) is 5.62. The van der Waals surface area contributed by atoms with E-state index in [1.54, 1.807) is 0 Å². The van der Waals surface area contributed by atoms with Gasteiger partial charge in [-0.3, -0.25) is 0 Å². The zero-order valence-electron chi connectivity index (χ0n) is 18.7. The fourth-order valence-electron chi connectivity index (χ4n) is 3.71. The van der Waals surface area contributed by atoms with Crippen molar-refractivity contribution in [2.24, 2.45) is 0 Å². The smallest absolute Gasteiger partial charge is 0.417 e. The fraction of sp³-hybridized carbons (Fsp3) is 0.300. The van der Waals surface area contributed by atoms with Gasteiger partial charge < -0.3 is 21.1 Å². The van der Waals surface area contributed by atoms with Gasteiger partial charge in [-0.05, 0) is 29.8 Å². The van der Waals surface area contributed by atoms with Gasteiger partial charge in [-0.25, -0.2) is 13.5 Å². The number of hydrogen-bond acceptors (Lipinski definition) is 8. The van der Waals surface area contributed by atoms with Crippen molar-refractivity contribution in [3.63, 3.8) is 0 Å². The Bertz CT molecular complexity index is 1350. The lowest BCUT2D eigenvalue weighted by atomic mass is 9.98. The number of rotatable bonds is 6. The van der Waals surface area contributed by atoms with Gasteiger partial charge in [0.1, 0.15) is 10.6 Å². The summed E-state index contributed by atoms with van der Waals surface area (Å²) in [4.78, 5) is 3.55. The van der Waals surface area contributed by atoms with Crippen molar-refractivity contribution >= 4 is 51.6 Å². The summed E-state index contributed by atoms with van der Waals surface area (Å²) in [6, 6.07) is 5.88. The first-order chi connectivity index (χ1) is 16.5. The second-order valence-corrected chi connectivity index (χ2v) is 9.88. The normalized spacial score (nSPS) is 14.8. The van der Waals surface area contributed by atoms with Crippen molar-refractivity contribution in [3.8, 4) is 16.9 Å². The second-order valence-electron chi connectivity index (χ2n) is 7.57. The van der Waals surface area contributed by atoms with Crippen LogP contribution < -0.4 is 21.1 Å². The van der Waals surface area contributed by atoms with Crippen molar-refractivity contribution in [3.05, 3.63) is 40.9 Å². The number of nitrogens with one attached hydrogen (secondary N) is 3. The minimum absolute atomic E-state index is 0. The van der Waals surface area contributed by atoms with Crippen LogP contribution in [0.4, 0.5) is 30.8 Å². The summed E-state index contributed by atoms with van der Waals surface area (Å²) in [5.41, 5.74) is 3.92. The molecule has 0 aliphatic carbocycles. The Morgan fingerprint density at radius 3 is 2.47 bits per heavy atom.